The van der Waals surface area contributed by atoms with E-state index in [4.69, 9.17) is 0 Å². The van der Waals surface area contributed by atoms with Gasteiger partial charge in [-0.1, -0.05) is 19.1 Å². The Labute approximate surface area is 103 Å². The Balaban J connectivity index is 2.52. The first kappa shape index (κ1) is 14.2. The van der Waals surface area contributed by atoms with Gasteiger partial charge < -0.3 is 10.4 Å². The molecule has 0 bridgehead atoms. The van der Waals surface area contributed by atoms with Crippen LogP contribution >= 0.6 is 0 Å². The third kappa shape index (κ3) is 4.85. The Hall–Kier alpha value is -0.910. The van der Waals surface area contributed by atoms with E-state index >= 15 is 0 Å². The number of sulfone groups is 1. The molecule has 1 unspecified atom stereocenters. The summed E-state index contributed by atoms with van der Waals surface area (Å²) in [7, 11) is -3.12. The molecule has 4 nitrogen and oxygen atoms in total. The molecule has 96 valence electrons. The van der Waals surface area contributed by atoms with E-state index in [1.807, 2.05) is 6.92 Å². The van der Waals surface area contributed by atoms with Crippen molar-refractivity contribution in [2.24, 2.45) is 0 Å². The Morgan fingerprint density at radius 2 is 1.88 bits per heavy atom. The summed E-state index contributed by atoms with van der Waals surface area (Å²) in [4.78, 5) is 0.329. The second-order valence-corrected chi connectivity index (χ2v) is 6.12. The van der Waals surface area contributed by atoms with Crippen LogP contribution in [-0.2, 0) is 16.4 Å². The van der Waals surface area contributed by atoms with Crippen molar-refractivity contribution in [2.45, 2.75) is 30.9 Å². The highest BCUT2D eigenvalue weighted by molar-refractivity contribution is 7.90. The van der Waals surface area contributed by atoms with E-state index in [2.05, 4.69) is 5.32 Å². The SMILES string of the molecule is CCC(O)CNCc1ccc(S(C)(=O)=O)cc1. The Morgan fingerprint density at radius 1 is 1.29 bits per heavy atom. The van der Waals surface area contributed by atoms with Gasteiger partial charge in [0.1, 0.15) is 0 Å². The molecule has 0 spiro atoms. The Bertz CT molecular complexity index is 439. The average Bonchev–Trinajstić information content (AvgIpc) is 2.28. The molecule has 1 atom stereocenters. The minimum Gasteiger partial charge on any atom is -0.392 e. The molecule has 17 heavy (non-hydrogen) atoms. The lowest BCUT2D eigenvalue weighted by atomic mass is 10.2. The Morgan fingerprint density at radius 3 is 2.35 bits per heavy atom. The molecule has 0 aromatic heterocycles. The lowest BCUT2D eigenvalue weighted by Gasteiger charge is -2.09. The number of nitrogens with one attached hydrogen (secondary N) is 1. The number of benzene rings is 1. The molecular weight excluding hydrogens is 238 g/mol. The minimum absolute atomic E-state index is 0.328. The van der Waals surface area contributed by atoms with Crippen molar-refractivity contribution in [2.75, 3.05) is 12.8 Å². The van der Waals surface area contributed by atoms with Crippen LogP contribution in [0.4, 0.5) is 0 Å². The number of hydrogen-bond donors (Lipinski definition) is 2. The van der Waals surface area contributed by atoms with Gasteiger partial charge in [-0.2, -0.15) is 0 Å². The predicted octanol–water partition coefficient (Wildman–Crippen LogP) is 0.951. The topological polar surface area (TPSA) is 66.4 Å². The maximum Gasteiger partial charge on any atom is 0.175 e. The van der Waals surface area contributed by atoms with Crippen LogP contribution < -0.4 is 5.32 Å². The fraction of sp³-hybridized carbons (Fsp3) is 0.500. The molecule has 0 saturated heterocycles. The third-order valence-electron chi connectivity index (χ3n) is 2.53. The molecule has 0 aliphatic carbocycles. The molecule has 0 radical (unpaired) electrons. The minimum atomic E-state index is -3.12. The average molecular weight is 257 g/mol. The number of aliphatic hydroxyl groups is 1. The summed E-state index contributed by atoms with van der Waals surface area (Å²) in [5, 5.41) is 12.5. The normalized spacial score (nSPS) is 13.6. The molecule has 5 heteroatoms. The summed E-state index contributed by atoms with van der Waals surface area (Å²) in [5.74, 6) is 0. The predicted molar refractivity (Wildman–Crippen MR) is 67.6 cm³/mol. The molecule has 0 fully saturated rings. The monoisotopic (exact) mass is 257 g/mol. The zero-order valence-electron chi connectivity index (χ0n) is 10.2. The van der Waals surface area contributed by atoms with Gasteiger partial charge in [0.15, 0.2) is 9.84 Å². The lowest BCUT2D eigenvalue weighted by Crippen LogP contribution is -2.25. The fourth-order valence-corrected chi connectivity index (χ4v) is 2.01. The summed E-state index contributed by atoms with van der Waals surface area (Å²) < 4.78 is 22.5. The van der Waals surface area contributed by atoms with Gasteiger partial charge in [-0.05, 0) is 24.1 Å². The highest BCUT2D eigenvalue weighted by atomic mass is 32.2. The summed E-state index contributed by atoms with van der Waals surface area (Å²) >= 11 is 0. The highest BCUT2D eigenvalue weighted by Gasteiger charge is 2.06. The van der Waals surface area contributed by atoms with Crippen LogP contribution in [0.5, 0.6) is 0 Å². The van der Waals surface area contributed by atoms with E-state index in [1.165, 1.54) is 6.26 Å². The summed E-state index contributed by atoms with van der Waals surface area (Å²) in [6, 6.07) is 6.76. The second-order valence-electron chi connectivity index (χ2n) is 4.11. The first-order valence-corrected chi connectivity index (χ1v) is 7.50. The van der Waals surface area contributed by atoms with Gasteiger partial charge in [0.25, 0.3) is 0 Å². The molecule has 1 aromatic carbocycles. The highest BCUT2D eigenvalue weighted by Crippen LogP contribution is 2.10. The van der Waals surface area contributed by atoms with Crippen molar-refractivity contribution in [3.63, 3.8) is 0 Å². The smallest absolute Gasteiger partial charge is 0.175 e. The lowest BCUT2D eigenvalue weighted by molar-refractivity contribution is 0.167. The van der Waals surface area contributed by atoms with Crippen LogP contribution in [0.15, 0.2) is 29.2 Å². The molecule has 1 rings (SSSR count). The van der Waals surface area contributed by atoms with Crippen molar-refractivity contribution in [3.05, 3.63) is 29.8 Å². The third-order valence-corrected chi connectivity index (χ3v) is 3.66. The van der Waals surface area contributed by atoms with Gasteiger partial charge in [-0.15, -0.1) is 0 Å². The zero-order chi connectivity index (χ0) is 12.9. The molecule has 0 heterocycles. The molecule has 0 amide bonds. The first-order valence-electron chi connectivity index (χ1n) is 5.61. The van der Waals surface area contributed by atoms with E-state index in [9.17, 15) is 13.5 Å². The molecule has 0 aliphatic heterocycles. The van der Waals surface area contributed by atoms with Gasteiger partial charge in [-0.3, -0.25) is 0 Å². The summed E-state index contributed by atoms with van der Waals surface area (Å²) in [5.41, 5.74) is 1.00. The largest absolute Gasteiger partial charge is 0.392 e. The van der Waals surface area contributed by atoms with E-state index in [1.54, 1.807) is 24.3 Å². The zero-order valence-corrected chi connectivity index (χ0v) is 11.0. The Kier molecular flexibility index (Phi) is 5.11. The van der Waals surface area contributed by atoms with E-state index < -0.39 is 9.84 Å². The van der Waals surface area contributed by atoms with Gasteiger partial charge in [-0.25, -0.2) is 8.42 Å². The summed E-state index contributed by atoms with van der Waals surface area (Å²) in [6.45, 7) is 3.10. The number of rotatable bonds is 6. The second kappa shape index (κ2) is 6.14. The maximum atomic E-state index is 11.2. The fourth-order valence-electron chi connectivity index (χ4n) is 1.38. The van der Waals surface area contributed by atoms with Gasteiger partial charge >= 0.3 is 0 Å². The van der Waals surface area contributed by atoms with E-state index in [-0.39, 0.29) is 6.10 Å². The maximum absolute atomic E-state index is 11.2. The van der Waals surface area contributed by atoms with Gasteiger partial charge in [0.2, 0.25) is 0 Å². The van der Waals surface area contributed by atoms with Gasteiger partial charge in [0, 0.05) is 19.3 Å². The molecule has 0 aliphatic rings. The van der Waals surface area contributed by atoms with Crippen LogP contribution in [0.2, 0.25) is 0 Å². The van der Waals surface area contributed by atoms with Crippen LogP contribution in [0.3, 0.4) is 0 Å². The number of aliphatic hydroxyl groups excluding tert-OH is 1. The molecule has 2 N–H and O–H groups in total. The van der Waals surface area contributed by atoms with Crippen molar-refractivity contribution < 1.29 is 13.5 Å². The summed E-state index contributed by atoms with van der Waals surface area (Å²) in [6.07, 6.45) is 1.59. The quantitative estimate of drug-likeness (QED) is 0.796. The van der Waals surface area contributed by atoms with Crippen molar-refractivity contribution in [1.82, 2.24) is 5.32 Å². The van der Waals surface area contributed by atoms with Crippen molar-refractivity contribution >= 4 is 9.84 Å². The van der Waals surface area contributed by atoms with E-state index in [0.29, 0.717) is 18.0 Å². The molecule has 1 aromatic rings. The van der Waals surface area contributed by atoms with Crippen molar-refractivity contribution in [3.8, 4) is 0 Å². The van der Waals surface area contributed by atoms with Crippen LogP contribution in [0.1, 0.15) is 18.9 Å². The molecular formula is C12H19NO3S. The number of hydrogen-bond acceptors (Lipinski definition) is 4. The van der Waals surface area contributed by atoms with E-state index in [0.717, 1.165) is 12.0 Å². The van der Waals surface area contributed by atoms with Crippen LogP contribution in [0, 0.1) is 0 Å². The van der Waals surface area contributed by atoms with Crippen molar-refractivity contribution in [1.29, 1.82) is 0 Å². The van der Waals surface area contributed by atoms with Crippen LogP contribution in [0.25, 0.3) is 0 Å². The van der Waals surface area contributed by atoms with Gasteiger partial charge in [0.05, 0.1) is 11.0 Å². The standard InChI is InChI=1S/C12H19NO3S/c1-3-11(14)9-13-8-10-4-6-12(7-5-10)17(2,15)16/h4-7,11,13-14H,3,8-9H2,1-2H3. The molecule has 0 saturated carbocycles. The first-order chi connectivity index (χ1) is 7.93. The van der Waals surface area contributed by atoms with Crippen LogP contribution in [-0.4, -0.2) is 32.4 Å².